The van der Waals surface area contributed by atoms with E-state index in [1.54, 1.807) is 0 Å². The van der Waals surface area contributed by atoms with Crippen LogP contribution in [0.5, 0.6) is 0 Å². The third-order valence-corrected chi connectivity index (χ3v) is 2.48. The first-order chi connectivity index (χ1) is 6.81. The molecule has 0 saturated heterocycles. The molecule has 0 aromatic carbocycles. The molecule has 0 atom stereocenters. The third-order valence-electron chi connectivity index (χ3n) is 2.48. The molecule has 0 bridgehead atoms. The summed E-state index contributed by atoms with van der Waals surface area (Å²) in [5.74, 6) is 0.840. The van der Waals surface area contributed by atoms with Gasteiger partial charge in [-0.25, -0.2) is 9.97 Å². The fourth-order valence-corrected chi connectivity index (χ4v) is 1.45. The molecule has 1 aliphatic rings. The molecule has 4 heteroatoms. The minimum Gasteiger partial charge on any atom is -0.341 e. The molecule has 0 radical (unpaired) electrons. The summed E-state index contributed by atoms with van der Waals surface area (Å²) in [7, 11) is 3.98. The normalized spacial score (nSPS) is 15.6. The lowest BCUT2D eigenvalue weighted by Gasteiger charge is -2.15. The maximum atomic E-state index is 4.33. The Bertz CT molecular complexity index is 291. The number of hydrogen-bond acceptors (Lipinski definition) is 4. The Labute approximate surface area is 84.4 Å². The van der Waals surface area contributed by atoms with Crippen molar-refractivity contribution in [2.45, 2.75) is 25.4 Å². The molecule has 14 heavy (non-hydrogen) atoms. The first-order valence-electron chi connectivity index (χ1n) is 4.99. The largest absolute Gasteiger partial charge is 0.341 e. The number of nitrogens with zero attached hydrogens (tertiary/aromatic N) is 3. The van der Waals surface area contributed by atoms with E-state index in [0.717, 1.165) is 18.1 Å². The van der Waals surface area contributed by atoms with Crippen LogP contribution >= 0.6 is 0 Å². The molecule has 2 rings (SSSR count). The number of rotatable bonds is 4. The van der Waals surface area contributed by atoms with E-state index in [9.17, 15) is 0 Å². The number of aromatic nitrogens is 2. The molecule has 0 amide bonds. The standard InChI is InChI=1S/C10H16N4/c1-11-5-8-6-12-10(13-7-8)14(2)9-3-4-9/h6-7,9,11H,3-5H2,1-2H3. The van der Waals surface area contributed by atoms with Gasteiger partial charge in [-0.3, -0.25) is 0 Å². The zero-order chi connectivity index (χ0) is 9.97. The van der Waals surface area contributed by atoms with Gasteiger partial charge in [0.1, 0.15) is 0 Å². The summed E-state index contributed by atoms with van der Waals surface area (Å²) in [6.45, 7) is 0.827. The highest BCUT2D eigenvalue weighted by Gasteiger charge is 2.27. The Morgan fingerprint density at radius 2 is 2.07 bits per heavy atom. The average molecular weight is 192 g/mol. The fraction of sp³-hybridized carbons (Fsp3) is 0.600. The monoisotopic (exact) mass is 192 g/mol. The summed E-state index contributed by atoms with van der Waals surface area (Å²) in [6.07, 6.45) is 6.33. The van der Waals surface area contributed by atoms with E-state index >= 15 is 0 Å². The maximum absolute atomic E-state index is 4.33. The van der Waals surface area contributed by atoms with E-state index in [-0.39, 0.29) is 0 Å². The lowest BCUT2D eigenvalue weighted by atomic mass is 10.3. The summed E-state index contributed by atoms with van der Waals surface area (Å²) in [5, 5.41) is 3.07. The van der Waals surface area contributed by atoms with E-state index in [4.69, 9.17) is 0 Å². The zero-order valence-electron chi connectivity index (χ0n) is 8.70. The van der Waals surface area contributed by atoms with Gasteiger partial charge in [0, 0.05) is 37.6 Å². The predicted molar refractivity (Wildman–Crippen MR) is 56.2 cm³/mol. The van der Waals surface area contributed by atoms with E-state index in [1.807, 2.05) is 19.4 Å². The Morgan fingerprint density at radius 3 is 2.57 bits per heavy atom. The number of anilines is 1. The van der Waals surface area contributed by atoms with Crippen LogP contribution in [0.15, 0.2) is 12.4 Å². The van der Waals surface area contributed by atoms with E-state index in [1.165, 1.54) is 12.8 Å². The summed E-state index contributed by atoms with van der Waals surface area (Å²) < 4.78 is 0. The number of nitrogens with one attached hydrogen (secondary N) is 1. The van der Waals surface area contributed by atoms with Crippen LogP contribution in [-0.2, 0) is 6.54 Å². The van der Waals surface area contributed by atoms with Crippen molar-refractivity contribution in [2.24, 2.45) is 0 Å². The van der Waals surface area contributed by atoms with Crippen LogP contribution in [0, 0.1) is 0 Å². The molecule has 0 spiro atoms. The third kappa shape index (κ3) is 2.01. The van der Waals surface area contributed by atoms with Gasteiger partial charge in [0.2, 0.25) is 5.95 Å². The second-order valence-corrected chi connectivity index (χ2v) is 3.76. The molecular formula is C10H16N4. The van der Waals surface area contributed by atoms with Crippen LogP contribution in [0.4, 0.5) is 5.95 Å². The summed E-state index contributed by atoms with van der Waals surface area (Å²) in [6, 6.07) is 0.671. The molecule has 1 aromatic rings. The van der Waals surface area contributed by atoms with Gasteiger partial charge in [-0.15, -0.1) is 0 Å². The maximum Gasteiger partial charge on any atom is 0.225 e. The molecule has 76 valence electrons. The highest BCUT2D eigenvalue weighted by molar-refractivity contribution is 5.32. The van der Waals surface area contributed by atoms with Crippen molar-refractivity contribution in [1.82, 2.24) is 15.3 Å². The smallest absolute Gasteiger partial charge is 0.225 e. The van der Waals surface area contributed by atoms with Crippen molar-refractivity contribution in [3.63, 3.8) is 0 Å². The minimum absolute atomic E-state index is 0.671. The molecule has 1 fully saturated rings. The van der Waals surface area contributed by atoms with E-state index < -0.39 is 0 Å². The first kappa shape index (κ1) is 9.40. The first-order valence-corrected chi connectivity index (χ1v) is 4.99. The SMILES string of the molecule is CNCc1cnc(N(C)C2CC2)nc1. The van der Waals surface area contributed by atoms with Gasteiger partial charge in [-0.05, 0) is 19.9 Å². The van der Waals surface area contributed by atoms with Crippen molar-refractivity contribution in [3.05, 3.63) is 18.0 Å². The second-order valence-electron chi connectivity index (χ2n) is 3.76. The van der Waals surface area contributed by atoms with Crippen molar-refractivity contribution < 1.29 is 0 Å². The lowest BCUT2D eigenvalue weighted by Crippen LogP contribution is -2.22. The predicted octanol–water partition coefficient (Wildman–Crippen LogP) is 0.795. The van der Waals surface area contributed by atoms with Gasteiger partial charge in [-0.1, -0.05) is 0 Å². The zero-order valence-corrected chi connectivity index (χ0v) is 8.70. The molecule has 4 nitrogen and oxygen atoms in total. The Kier molecular flexibility index (Phi) is 2.63. The van der Waals surface area contributed by atoms with Crippen molar-refractivity contribution >= 4 is 5.95 Å². The van der Waals surface area contributed by atoms with Crippen LogP contribution in [0.3, 0.4) is 0 Å². The van der Waals surface area contributed by atoms with Crippen LogP contribution in [0.2, 0.25) is 0 Å². The lowest BCUT2D eigenvalue weighted by molar-refractivity contribution is 0.796. The van der Waals surface area contributed by atoms with Crippen molar-refractivity contribution in [1.29, 1.82) is 0 Å². The van der Waals surface area contributed by atoms with Crippen LogP contribution in [-0.4, -0.2) is 30.1 Å². The molecule has 0 unspecified atom stereocenters. The van der Waals surface area contributed by atoms with E-state index in [0.29, 0.717) is 6.04 Å². The fourth-order valence-electron chi connectivity index (χ4n) is 1.45. The second kappa shape index (κ2) is 3.92. The molecule has 1 N–H and O–H groups in total. The van der Waals surface area contributed by atoms with Crippen molar-refractivity contribution in [2.75, 3.05) is 19.0 Å². The Hall–Kier alpha value is -1.16. The topological polar surface area (TPSA) is 41.1 Å². The number of hydrogen-bond donors (Lipinski definition) is 1. The van der Waals surface area contributed by atoms with Gasteiger partial charge in [-0.2, -0.15) is 0 Å². The van der Waals surface area contributed by atoms with Gasteiger partial charge in [0.15, 0.2) is 0 Å². The molecular weight excluding hydrogens is 176 g/mol. The minimum atomic E-state index is 0.671. The van der Waals surface area contributed by atoms with Gasteiger partial charge < -0.3 is 10.2 Å². The van der Waals surface area contributed by atoms with Gasteiger partial charge in [0.05, 0.1) is 0 Å². The van der Waals surface area contributed by atoms with Crippen LogP contribution < -0.4 is 10.2 Å². The Morgan fingerprint density at radius 1 is 1.43 bits per heavy atom. The van der Waals surface area contributed by atoms with Gasteiger partial charge in [0.25, 0.3) is 0 Å². The van der Waals surface area contributed by atoms with E-state index in [2.05, 4.69) is 27.2 Å². The Balaban J connectivity index is 2.04. The summed E-state index contributed by atoms with van der Waals surface area (Å²) in [5.41, 5.74) is 1.13. The highest BCUT2D eigenvalue weighted by Crippen LogP contribution is 2.27. The summed E-state index contributed by atoms with van der Waals surface area (Å²) in [4.78, 5) is 10.8. The molecule has 1 heterocycles. The average Bonchev–Trinajstić information content (AvgIpc) is 3.02. The molecule has 1 aliphatic carbocycles. The molecule has 1 saturated carbocycles. The van der Waals surface area contributed by atoms with Crippen molar-refractivity contribution in [3.8, 4) is 0 Å². The highest BCUT2D eigenvalue weighted by atomic mass is 15.3. The van der Waals surface area contributed by atoms with Crippen LogP contribution in [0.25, 0.3) is 0 Å². The molecule has 1 aromatic heterocycles. The van der Waals surface area contributed by atoms with Gasteiger partial charge >= 0.3 is 0 Å². The quantitative estimate of drug-likeness (QED) is 0.766. The summed E-state index contributed by atoms with van der Waals surface area (Å²) >= 11 is 0. The van der Waals surface area contributed by atoms with Crippen LogP contribution in [0.1, 0.15) is 18.4 Å². The molecule has 0 aliphatic heterocycles.